The molecule has 4 saturated heterocycles. The van der Waals surface area contributed by atoms with Gasteiger partial charge in [-0.2, -0.15) is 0 Å². The number of nitrogens with one attached hydrogen (secondary N) is 1. The van der Waals surface area contributed by atoms with Gasteiger partial charge in [0.25, 0.3) is 0 Å². The monoisotopic (exact) mass is 1530 g/mol. The first-order chi connectivity index (χ1) is 46.3. The summed E-state index contributed by atoms with van der Waals surface area (Å²) in [7, 11) is 0. The van der Waals surface area contributed by atoms with Gasteiger partial charge in [0, 0.05) is 108 Å². The van der Waals surface area contributed by atoms with E-state index in [1.165, 1.54) is 29.3 Å². The zero-order valence-electron chi connectivity index (χ0n) is 51.6. The standard InChI is InChI=1S/2C25H22Cl3FN2O.C16H15Cl3N2.C9H7FO.4CH4/c2*26-17-3-1-15(2-4-17)23-14-30(9-10-31(23)22-8-5-18(27)13-21(22)28)25-20-7-6-19(29)11-16(20)12-24(25)32;17-12-3-1-11(2-4-12)16-10-20-7-8-21(16)15-6-5-13(18)9-14(15)19;10-6-1-2-7-5(3-6)4-8-9(7)11-8;;;;/h2*1-8,11,13,23-25,32H,9-10,12,14H2;1-6,9,16,20H,7-8,10H2;1-3,8-9H,4H2;4*1H4/t23-,24+,25+;23-,24-,25?;16-;8-,9+;;;;/m0000..../s1. The van der Waals surface area contributed by atoms with Crippen molar-refractivity contribution in [2.45, 2.75) is 104 Å². The highest BCUT2D eigenvalue weighted by Crippen LogP contribution is 2.49. The molecule has 9 atom stereocenters. The summed E-state index contributed by atoms with van der Waals surface area (Å²) < 4.78 is 45.4. The molecule has 0 bridgehead atoms. The summed E-state index contributed by atoms with van der Waals surface area (Å²) in [6.45, 7) is 6.97. The quantitative estimate of drug-likeness (QED) is 0.129. The number of ether oxygens (including phenoxy) is 1. The Balaban J connectivity index is 0.000000162. The zero-order valence-corrected chi connectivity index (χ0v) is 58.4. The third-order valence-electron chi connectivity index (χ3n) is 19.1. The summed E-state index contributed by atoms with van der Waals surface area (Å²) in [6, 6.07) is 54.9. The van der Waals surface area contributed by atoms with Crippen molar-refractivity contribution in [3.63, 3.8) is 0 Å². The van der Waals surface area contributed by atoms with Crippen molar-refractivity contribution in [2.75, 3.05) is 73.6 Å². The van der Waals surface area contributed by atoms with Gasteiger partial charge in [-0.15, -0.1) is 0 Å². The van der Waals surface area contributed by atoms with Crippen molar-refractivity contribution >= 4 is 121 Å². The van der Waals surface area contributed by atoms with E-state index < -0.39 is 12.2 Å². The highest BCUT2D eigenvalue weighted by Gasteiger charge is 2.47. The van der Waals surface area contributed by atoms with Crippen molar-refractivity contribution in [2.24, 2.45) is 0 Å². The Kier molecular flexibility index (Phi) is 27.1. The van der Waals surface area contributed by atoms with Gasteiger partial charge in [0.1, 0.15) is 23.6 Å². The predicted molar refractivity (Wildman–Crippen MR) is 412 cm³/mol. The summed E-state index contributed by atoms with van der Waals surface area (Å²) in [4.78, 5) is 11.5. The number of epoxide rings is 1. The van der Waals surface area contributed by atoms with Gasteiger partial charge in [-0.05, 0) is 177 Å². The number of piperazine rings is 3. The number of fused-ring (bicyclic) bond motifs is 5. The molecule has 9 aromatic carbocycles. The fourth-order valence-corrected chi connectivity index (χ4v) is 16.5. The smallest absolute Gasteiger partial charge is 0.123 e. The number of nitrogens with zero attached hydrogens (tertiary/aromatic N) is 5. The van der Waals surface area contributed by atoms with Crippen LogP contribution in [-0.2, 0) is 24.0 Å². The minimum absolute atomic E-state index is 0. The van der Waals surface area contributed by atoms with E-state index in [0.29, 0.717) is 91.4 Å². The summed E-state index contributed by atoms with van der Waals surface area (Å²) in [6.07, 6.45) is 1.36. The minimum atomic E-state index is -0.566. The van der Waals surface area contributed by atoms with Crippen molar-refractivity contribution in [3.8, 4) is 0 Å². The lowest BCUT2D eigenvalue weighted by Crippen LogP contribution is -2.51. The average Bonchev–Trinajstić information content (AvgIpc) is 1.57. The maximum atomic E-state index is 13.7. The molecule has 4 fully saturated rings. The van der Waals surface area contributed by atoms with Crippen LogP contribution in [0.2, 0.25) is 45.2 Å². The van der Waals surface area contributed by atoms with Crippen LogP contribution in [0.15, 0.2) is 182 Å². The third-order valence-corrected chi connectivity index (χ3v) is 21.5. The maximum absolute atomic E-state index is 13.7. The topological polar surface area (TPSA) is 81.2 Å². The molecule has 3 N–H and O–H groups in total. The van der Waals surface area contributed by atoms with E-state index in [9.17, 15) is 23.4 Å². The van der Waals surface area contributed by atoms with Crippen molar-refractivity contribution in [1.82, 2.24) is 15.1 Å². The fourth-order valence-electron chi connectivity index (χ4n) is 14.6. The Morgan fingerprint density at radius 2 is 0.710 bits per heavy atom. The Bertz CT molecular complexity index is 4080. The lowest BCUT2D eigenvalue weighted by molar-refractivity contribution is 0.0488. The highest BCUT2D eigenvalue weighted by molar-refractivity contribution is 6.38. The molecule has 4 heterocycles. The summed E-state index contributed by atoms with van der Waals surface area (Å²) in [5.41, 5.74) is 12.4. The van der Waals surface area contributed by atoms with Gasteiger partial charge in [0.05, 0.1) is 80.7 Å². The predicted octanol–water partition coefficient (Wildman–Crippen LogP) is 21.8. The van der Waals surface area contributed by atoms with E-state index in [4.69, 9.17) is 109 Å². The van der Waals surface area contributed by atoms with E-state index in [-0.39, 0.29) is 77.4 Å². The number of benzene rings is 9. The molecule has 0 spiro atoms. The van der Waals surface area contributed by atoms with Crippen LogP contribution >= 0.6 is 104 Å². The van der Waals surface area contributed by atoms with E-state index in [2.05, 4.69) is 41.9 Å². The third kappa shape index (κ3) is 17.7. The normalized spacial score (nSPS) is 22.4. The Morgan fingerprint density at radius 3 is 1.09 bits per heavy atom. The fraction of sp³-hybridized carbons (Fsp3) is 0.316. The number of aliphatic hydroxyl groups is 2. The van der Waals surface area contributed by atoms with E-state index >= 15 is 0 Å². The average molecular weight is 1540 g/mol. The van der Waals surface area contributed by atoms with E-state index in [1.807, 2.05) is 115 Å². The molecule has 3 aliphatic carbocycles. The number of aliphatic hydroxyl groups excluding tert-OH is 2. The van der Waals surface area contributed by atoms with Gasteiger partial charge in [0.15, 0.2) is 0 Å². The Morgan fingerprint density at radius 1 is 0.370 bits per heavy atom. The van der Waals surface area contributed by atoms with Crippen LogP contribution < -0.4 is 20.0 Å². The molecule has 0 radical (unpaired) electrons. The molecule has 0 saturated carbocycles. The van der Waals surface area contributed by atoms with Crippen LogP contribution in [0, 0.1) is 17.5 Å². The van der Waals surface area contributed by atoms with E-state index in [1.54, 1.807) is 36.4 Å². The molecule has 530 valence electrons. The Labute approximate surface area is 631 Å². The number of rotatable bonds is 8. The number of halogens is 12. The molecule has 7 aliphatic rings. The summed E-state index contributed by atoms with van der Waals surface area (Å²) in [5.74, 6) is -0.666. The molecule has 9 nitrogen and oxygen atoms in total. The number of hydrogen-bond acceptors (Lipinski definition) is 9. The highest BCUT2D eigenvalue weighted by atomic mass is 35.5. The molecule has 9 aromatic rings. The SMILES string of the molecule is C.C.C.C.Clc1ccc([C@@H]2CNCCN2c2ccc(Cl)cc2Cl)cc1.Fc1ccc2c(c1)C[C@@H]1O[C@H]21.O[C@@H]1Cc2cc(F)ccc2[C@H]1N1CCN(c2ccc(Cl)cc2Cl)[C@H](c2ccc(Cl)cc2)C1.O[C@H]1Cc2cc(F)ccc2C1N1CCN(c2ccc(Cl)cc2Cl)[C@H](c2ccc(Cl)cc2)C1. The van der Waals surface area contributed by atoms with Gasteiger partial charge in [0.2, 0.25) is 0 Å². The first kappa shape index (κ1) is 78.7. The van der Waals surface area contributed by atoms with E-state index in [0.717, 1.165) is 100 Å². The maximum Gasteiger partial charge on any atom is 0.123 e. The van der Waals surface area contributed by atoms with Crippen LogP contribution in [0.3, 0.4) is 0 Å². The second-order valence-corrected chi connectivity index (χ2v) is 28.9. The first-order valence-electron chi connectivity index (χ1n) is 31.8. The molecule has 0 amide bonds. The van der Waals surface area contributed by atoms with Crippen molar-refractivity contribution in [3.05, 3.63) is 295 Å². The number of hydrogen-bond donors (Lipinski definition) is 3. The zero-order chi connectivity index (χ0) is 67.1. The number of anilines is 3. The molecule has 16 rings (SSSR count). The van der Waals surface area contributed by atoms with Crippen LogP contribution in [0.4, 0.5) is 30.2 Å². The molecular weight excluding hydrogens is 1460 g/mol. The molecule has 0 aromatic heterocycles. The lowest BCUT2D eigenvalue weighted by atomic mass is 9.98. The van der Waals surface area contributed by atoms with Crippen molar-refractivity contribution in [1.29, 1.82) is 0 Å². The van der Waals surface area contributed by atoms with Crippen LogP contribution in [0.25, 0.3) is 0 Å². The largest absolute Gasteiger partial charge is 0.391 e. The second-order valence-electron chi connectivity index (χ2n) is 25.0. The summed E-state index contributed by atoms with van der Waals surface area (Å²) in [5, 5.41) is 31.0. The molecular formula is C79H82Cl9F3N6O3. The van der Waals surface area contributed by atoms with Crippen LogP contribution in [0.1, 0.15) is 116 Å². The molecule has 4 aliphatic heterocycles. The van der Waals surface area contributed by atoms with Gasteiger partial charge in [-0.25, -0.2) is 13.2 Å². The van der Waals surface area contributed by atoms with Gasteiger partial charge < -0.3 is 35.0 Å². The van der Waals surface area contributed by atoms with Gasteiger partial charge in [-0.3, -0.25) is 9.80 Å². The Hall–Kier alpha value is -5.46. The minimum Gasteiger partial charge on any atom is -0.391 e. The molecule has 100 heavy (non-hydrogen) atoms. The second kappa shape index (κ2) is 34.4. The van der Waals surface area contributed by atoms with Crippen LogP contribution in [-0.4, -0.2) is 97.2 Å². The molecule has 1 unspecified atom stereocenters. The van der Waals surface area contributed by atoms with Gasteiger partial charge in [-0.1, -0.05) is 189 Å². The van der Waals surface area contributed by atoms with Gasteiger partial charge >= 0.3 is 0 Å². The first-order valence-corrected chi connectivity index (χ1v) is 35.2. The van der Waals surface area contributed by atoms with Crippen molar-refractivity contribution < 1.29 is 28.1 Å². The summed E-state index contributed by atoms with van der Waals surface area (Å²) >= 11 is 56.0. The van der Waals surface area contributed by atoms with Crippen LogP contribution in [0.5, 0.6) is 0 Å². The molecule has 21 heteroatoms. The lowest BCUT2D eigenvalue weighted by Gasteiger charge is -2.46.